The van der Waals surface area contributed by atoms with Crippen LogP contribution in [-0.2, 0) is 4.79 Å². The smallest absolute Gasteiger partial charge is 0.234 e. The fraction of sp³-hybridized carbons (Fsp3) is 0.444. The molecular formula is C18H21FN6OS. The summed E-state index contributed by atoms with van der Waals surface area (Å²) < 4.78 is 14.4. The van der Waals surface area contributed by atoms with E-state index in [0.717, 1.165) is 31.0 Å². The monoisotopic (exact) mass is 388 g/mol. The second kappa shape index (κ2) is 7.96. The van der Waals surface area contributed by atoms with Gasteiger partial charge in [-0.3, -0.25) is 4.79 Å². The number of hydrogen-bond donors (Lipinski definition) is 2. The maximum Gasteiger partial charge on any atom is 0.234 e. The Bertz CT molecular complexity index is 854. The normalized spacial score (nSPS) is 17.1. The third-order valence-corrected chi connectivity index (χ3v) is 5.76. The summed E-state index contributed by atoms with van der Waals surface area (Å²) in [7, 11) is 0. The van der Waals surface area contributed by atoms with Gasteiger partial charge in [0.2, 0.25) is 11.1 Å². The molecule has 1 aromatic heterocycles. The zero-order valence-corrected chi connectivity index (χ0v) is 15.8. The Balaban J connectivity index is 1.69. The zero-order valence-electron chi connectivity index (χ0n) is 15.0. The van der Waals surface area contributed by atoms with E-state index in [1.807, 2.05) is 0 Å². The molecule has 7 nitrogen and oxygen atoms in total. The number of benzene rings is 1. The van der Waals surface area contributed by atoms with Crippen LogP contribution in [0.25, 0.3) is 11.4 Å². The van der Waals surface area contributed by atoms with Crippen molar-refractivity contribution in [2.45, 2.75) is 55.0 Å². The molecule has 1 aromatic carbocycles. The summed E-state index contributed by atoms with van der Waals surface area (Å²) >= 11 is 1.16. The summed E-state index contributed by atoms with van der Waals surface area (Å²) in [5, 5.41) is 20.4. The van der Waals surface area contributed by atoms with Crippen molar-refractivity contribution in [3.05, 3.63) is 30.1 Å². The minimum Gasteiger partial charge on any atom is -0.337 e. The van der Waals surface area contributed by atoms with Crippen LogP contribution < -0.4 is 11.2 Å². The van der Waals surface area contributed by atoms with Crippen molar-refractivity contribution in [3.63, 3.8) is 0 Å². The predicted octanol–water partition coefficient (Wildman–Crippen LogP) is 2.62. The topological polar surface area (TPSA) is 110 Å². The first kappa shape index (κ1) is 19.2. The maximum atomic E-state index is 13.1. The summed E-state index contributed by atoms with van der Waals surface area (Å²) in [6.07, 6.45) is 4.32. The number of aromatic nitrogens is 3. The van der Waals surface area contributed by atoms with Crippen LogP contribution in [0.1, 0.15) is 39.0 Å². The highest BCUT2D eigenvalue weighted by molar-refractivity contribution is 8.00. The van der Waals surface area contributed by atoms with Gasteiger partial charge in [0.05, 0.1) is 11.3 Å². The van der Waals surface area contributed by atoms with Crippen molar-refractivity contribution in [3.8, 4) is 17.5 Å². The molecule has 1 fully saturated rings. The molecule has 0 spiro atoms. The molecule has 1 heterocycles. The minimum atomic E-state index is -0.778. The largest absolute Gasteiger partial charge is 0.337 e. The molecular weight excluding hydrogens is 367 g/mol. The number of nitrogens with one attached hydrogen (secondary N) is 1. The number of nitriles is 1. The van der Waals surface area contributed by atoms with Crippen LogP contribution in [-0.4, -0.2) is 31.6 Å². The maximum absolute atomic E-state index is 13.1. The third kappa shape index (κ3) is 4.22. The summed E-state index contributed by atoms with van der Waals surface area (Å²) in [4.78, 5) is 12.6. The van der Waals surface area contributed by atoms with Gasteiger partial charge in [-0.25, -0.2) is 9.07 Å². The number of halogens is 1. The summed E-state index contributed by atoms with van der Waals surface area (Å²) in [5.74, 6) is 5.85. The lowest BCUT2D eigenvalue weighted by Gasteiger charge is -2.32. The summed E-state index contributed by atoms with van der Waals surface area (Å²) in [6, 6.07) is 8.04. The van der Waals surface area contributed by atoms with Crippen molar-refractivity contribution < 1.29 is 9.18 Å². The molecule has 0 saturated heterocycles. The van der Waals surface area contributed by atoms with E-state index in [1.165, 1.54) is 16.8 Å². The van der Waals surface area contributed by atoms with E-state index in [9.17, 15) is 14.4 Å². The fourth-order valence-electron chi connectivity index (χ4n) is 3.12. The first-order valence-corrected chi connectivity index (χ1v) is 9.68. The molecule has 1 atom stereocenters. The molecule has 142 valence electrons. The average Bonchev–Trinajstić information content (AvgIpc) is 3.03. The van der Waals surface area contributed by atoms with Crippen LogP contribution in [0.2, 0.25) is 0 Å². The molecule has 0 radical (unpaired) electrons. The van der Waals surface area contributed by atoms with Gasteiger partial charge in [-0.15, -0.1) is 10.2 Å². The fourth-order valence-corrected chi connectivity index (χ4v) is 3.89. The Hall–Kier alpha value is -2.60. The van der Waals surface area contributed by atoms with Gasteiger partial charge in [0, 0.05) is 5.56 Å². The lowest BCUT2D eigenvalue weighted by molar-refractivity contribution is -0.121. The zero-order chi connectivity index (χ0) is 19.4. The van der Waals surface area contributed by atoms with Crippen molar-refractivity contribution in [2.75, 3.05) is 5.84 Å². The van der Waals surface area contributed by atoms with Crippen LogP contribution in [0.4, 0.5) is 4.39 Å². The molecule has 1 saturated carbocycles. The van der Waals surface area contributed by atoms with Gasteiger partial charge in [-0.1, -0.05) is 31.0 Å². The Morgan fingerprint density at radius 1 is 1.33 bits per heavy atom. The van der Waals surface area contributed by atoms with E-state index in [-0.39, 0.29) is 11.7 Å². The third-order valence-electron chi connectivity index (χ3n) is 4.70. The van der Waals surface area contributed by atoms with E-state index in [1.54, 1.807) is 19.1 Å². The van der Waals surface area contributed by atoms with E-state index in [4.69, 9.17) is 5.84 Å². The van der Waals surface area contributed by atoms with Gasteiger partial charge in [0.15, 0.2) is 5.82 Å². The van der Waals surface area contributed by atoms with Crippen molar-refractivity contribution in [1.29, 1.82) is 5.26 Å². The number of nitrogen functional groups attached to an aromatic ring is 1. The number of amides is 1. The van der Waals surface area contributed by atoms with Gasteiger partial charge in [0.25, 0.3) is 0 Å². The van der Waals surface area contributed by atoms with E-state index >= 15 is 0 Å². The highest BCUT2D eigenvalue weighted by Crippen LogP contribution is 2.29. The molecule has 2 aromatic rings. The Kier molecular flexibility index (Phi) is 5.65. The van der Waals surface area contributed by atoms with E-state index in [0.29, 0.717) is 29.4 Å². The lowest BCUT2D eigenvalue weighted by Crippen LogP contribution is -2.51. The van der Waals surface area contributed by atoms with Gasteiger partial charge in [-0.2, -0.15) is 5.26 Å². The van der Waals surface area contributed by atoms with Crippen LogP contribution in [0.5, 0.6) is 0 Å². The Labute approximate surface area is 161 Å². The van der Waals surface area contributed by atoms with Gasteiger partial charge < -0.3 is 11.2 Å². The highest BCUT2D eigenvalue weighted by atomic mass is 32.2. The standard InChI is InChI=1S/C18H21FN6OS/c1-12(16(26)22-18(11-20)9-3-2-4-10-18)27-17-24-23-15(25(17)21)13-5-7-14(19)8-6-13/h5-8,12H,2-4,9-10,21H2,1H3,(H,22,26)/t12-/m0/s1. The first-order chi connectivity index (χ1) is 12.9. The van der Waals surface area contributed by atoms with Crippen molar-refractivity contribution in [1.82, 2.24) is 20.2 Å². The Morgan fingerprint density at radius 2 is 2.00 bits per heavy atom. The van der Waals surface area contributed by atoms with E-state index < -0.39 is 10.8 Å². The number of carbonyl (C=O) groups is 1. The lowest BCUT2D eigenvalue weighted by atomic mass is 9.83. The molecule has 9 heteroatoms. The number of carbonyl (C=O) groups excluding carboxylic acids is 1. The minimum absolute atomic E-state index is 0.227. The number of thioether (sulfide) groups is 1. The summed E-state index contributed by atoms with van der Waals surface area (Å²) in [6.45, 7) is 1.74. The molecule has 27 heavy (non-hydrogen) atoms. The number of rotatable bonds is 5. The number of nitrogens with two attached hydrogens (primary N) is 1. The molecule has 3 rings (SSSR count). The van der Waals surface area contributed by atoms with Crippen LogP contribution >= 0.6 is 11.8 Å². The quantitative estimate of drug-likeness (QED) is 0.602. The average molecular weight is 388 g/mol. The van der Waals surface area contributed by atoms with Crippen molar-refractivity contribution >= 4 is 17.7 Å². The van der Waals surface area contributed by atoms with Gasteiger partial charge >= 0.3 is 0 Å². The second-order valence-corrected chi connectivity index (χ2v) is 7.99. The molecule has 1 amide bonds. The number of hydrogen-bond acceptors (Lipinski definition) is 6. The van der Waals surface area contributed by atoms with Crippen LogP contribution in [0.3, 0.4) is 0 Å². The van der Waals surface area contributed by atoms with Crippen molar-refractivity contribution in [2.24, 2.45) is 0 Å². The molecule has 1 aliphatic rings. The van der Waals surface area contributed by atoms with E-state index in [2.05, 4.69) is 21.6 Å². The van der Waals surface area contributed by atoms with Gasteiger partial charge in [0.1, 0.15) is 11.4 Å². The summed E-state index contributed by atoms with van der Waals surface area (Å²) in [5.41, 5.74) is -0.152. The second-order valence-electron chi connectivity index (χ2n) is 6.69. The van der Waals surface area contributed by atoms with Crippen LogP contribution in [0, 0.1) is 17.1 Å². The van der Waals surface area contributed by atoms with Crippen LogP contribution in [0.15, 0.2) is 29.4 Å². The first-order valence-electron chi connectivity index (χ1n) is 8.80. The SMILES string of the molecule is C[C@H](Sc1nnc(-c2ccc(F)cc2)n1N)C(=O)NC1(C#N)CCCCC1. The van der Waals surface area contributed by atoms with Gasteiger partial charge in [-0.05, 0) is 44.0 Å². The molecule has 3 N–H and O–H groups in total. The predicted molar refractivity (Wildman–Crippen MR) is 100 cm³/mol. The molecule has 0 aliphatic heterocycles. The molecule has 0 bridgehead atoms. The Morgan fingerprint density at radius 3 is 2.63 bits per heavy atom. The highest BCUT2D eigenvalue weighted by Gasteiger charge is 2.35. The molecule has 0 unspecified atom stereocenters. The number of nitrogens with zero attached hydrogens (tertiary/aromatic N) is 4. The molecule has 1 aliphatic carbocycles.